The van der Waals surface area contributed by atoms with Crippen LogP contribution in [0, 0.1) is 11.3 Å². The third kappa shape index (κ3) is 5.81. The van der Waals surface area contributed by atoms with Crippen molar-refractivity contribution in [3.8, 4) is 0 Å². The number of nitrogens with one attached hydrogen (secondary N) is 1. The summed E-state index contributed by atoms with van der Waals surface area (Å²) in [5, 5.41) is 2.97. The van der Waals surface area contributed by atoms with Crippen molar-refractivity contribution in [1.82, 2.24) is 10.2 Å². The molecule has 19 heavy (non-hydrogen) atoms. The molecule has 1 saturated heterocycles. The fraction of sp³-hybridized carbons (Fsp3) is 0.933. The smallest absolute Gasteiger partial charge is 0.407 e. The maximum atomic E-state index is 11.4. The molecule has 1 fully saturated rings. The van der Waals surface area contributed by atoms with Crippen molar-refractivity contribution in [2.45, 2.75) is 59.5 Å². The fourth-order valence-corrected chi connectivity index (χ4v) is 3.01. The highest BCUT2D eigenvalue weighted by molar-refractivity contribution is 5.67. The van der Waals surface area contributed by atoms with Gasteiger partial charge in [-0.2, -0.15) is 0 Å². The van der Waals surface area contributed by atoms with Crippen LogP contribution < -0.4 is 5.32 Å². The second kappa shape index (κ2) is 6.60. The number of hydrogen-bond donors (Lipinski definition) is 1. The number of amides is 1. The monoisotopic (exact) mass is 270 g/mol. The van der Waals surface area contributed by atoms with Crippen LogP contribution in [0.4, 0.5) is 4.79 Å². The van der Waals surface area contributed by atoms with Gasteiger partial charge < -0.3 is 10.1 Å². The second-order valence-electron chi connectivity index (χ2n) is 7.25. The number of nitrogens with zero attached hydrogens (tertiary/aromatic N) is 1. The van der Waals surface area contributed by atoms with E-state index in [0.717, 1.165) is 19.5 Å². The van der Waals surface area contributed by atoms with E-state index in [-0.39, 0.29) is 12.1 Å². The zero-order chi connectivity index (χ0) is 14.6. The molecule has 2 atom stereocenters. The van der Waals surface area contributed by atoms with Gasteiger partial charge in [-0.15, -0.1) is 0 Å². The molecule has 0 spiro atoms. The summed E-state index contributed by atoms with van der Waals surface area (Å²) in [6, 6.07) is 0.723. The number of ether oxygens (including phenoxy) is 1. The number of carbonyl (C=O) groups excluding carboxylic acids is 1. The normalized spacial score (nSPS) is 25.4. The van der Waals surface area contributed by atoms with E-state index in [1.165, 1.54) is 13.5 Å². The minimum Gasteiger partial charge on any atom is -0.453 e. The van der Waals surface area contributed by atoms with E-state index in [4.69, 9.17) is 4.74 Å². The Bertz CT molecular complexity index is 297. The summed E-state index contributed by atoms with van der Waals surface area (Å²) in [4.78, 5) is 13.9. The lowest BCUT2D eigenvalue weighted by atomic mass is 9.80. The topological polar surface area (TPSA) is 41.6 Å². The van der Waals surface area contributed by atoms with E-state index in [2.05, 4.69) is 44.8 Å². The third-order valence-electron chi connectivity index (χ3n) is 3.70. The molecule has 1 aliphatic heterocycles. The van der Waals surface area contributed by atoms with E-state index in [1.807, 2.05) is 0 Å². The van der Waals surface area contributed by atoms with Crippen LogP contribution in [0.5, 0.6) is 0 Å². The number of likely N-dealkylation sites (tertiary alicyclic amines) is 1. The summed E-state index contributed by atoms with van der Waals surface area (Å²) in [5.74, 6) is 0.637. The summed E-state index contributed by atoms with van der Waals surface area (Å²) < 4.78 is 4.72. The first-order valence-electron chi connectivity index (χ1n) is 7.30. The van der Waals surface area contributed by atoms with Crippen LogP contribution in [-0.2, 0) is 4.74 Å². The van der Waals surface area contributed by atoms with E-state index in [0.29, 0.717) is 17.4 Å². The Labute approximate surface area is 117 Å². The zero-order valence-electron chi connectivity index (χ0n) is 13.3. The lowest BCUT2D eigenvalue weighted by Crippen LogP contribution is -2.53. The second-order valence-corrected chi connectivity index (χ2v) is 7.25. The Morgan fingerprint density at radius 1 is 1.37 bits per heavy atom. The Hall–Kier alpha value is -0.770. The number of alkyl carbamates (subject to hydrolysis) is 1. The maximum Gasteiger partial charge on any atom is 0.407 e. The van der Waals surface area contributed by atoms with Crippen LogP contribution >= 0.6 is 0 Å². The van der Waals surface area contributed by atoms with Crippen molar-refractivity contribution in [1.29, 1.82) is 0 Å². The summed E-state index contributed by atoms with van der Waals surface area (Å²) in [6.45, 7) is 13.3. The minimum absolute atomic E-state index is 0.205. The van der Waals surface area contributed by atoms with Crippen molar-refractivity contribution in [2.24, 2.45) is 11.3 Å². The first-order chi connectivity index (χ1) is 8.71. The molecule has 0 aromatic rings. The van der Waals surface area contributed by atoms with Crippen LogP contribution in [0.1, 0.15) is 47.5 Å². The van der Waals surface area contributed by atoms with Gasteiger partial charge in [0, 0.05) is 25.2 Å². The molecule has 1 amide bonds. The summed E-state index contributed by atoms with van der Waals surface area (Å²) >= 11 is 0. The highest BCUT2D eigenvalue weighted by Crippen LogP contribution is 2.30. The molecule has 4 nitrogen and oxygen atoms in total. The highest BCUT2D eigenvalue weighted by Gasteiger charge is 2.31. The van der Waals surface area contributed by atoms with Gasteiger partial charge in [-0.05, 0) is 38.0 Å². The maximum absolute atomic E-state index is 11.4. The average Bonchev–Trinajstić information content (AvgIpc) is 2.25. The molecule has 4 heteroatoms. The van der Waals surface area contributed by atoms with Gasteiger partial charge in [0.25, 0.3) is 0 Å². The number of rotatable bonds is 3. The predicted octanol–water partition coefficient (Wildman–Crippen LogP) is 2.88. The number of piperidine rings is 1. The summed E-state index contributed by atoms with van der Waals surface area (Å²) in [5.41, 5.74) is 0.334. The molecule has 0 aromatic heterocycles. The Morgan fingerprint density at radius 2 is 2.00 bits per heavy atom. The number of hydrogen-bond acceptors (Lipinski definition) is 3. The Morgan fingerprint density at radius 3 is 2.47 bits per heavy atom. The van der Waals surface area contributed by atoms with E-state index < -0.39 is 0 Å². The zero-order valence-corrected chi connectivity index (χ0v) is 13.3. The van der Waals surface area contributed by atoms with Gasteiger partial charge in [-0.1, -0.05) is 20.8 Å². The van der Waals surface area contributed by atoms with E-state index in [1.54, 1.807) is 0 Å². The molecule has 0 aromatic carbocycles. The largest absolute Gasteiger partial charge is 0.453 e. The molecule has 112 valence electrons. The molecule has 1 rings (SSSR count). The number of carbonyl (C=O) groups is 1. The summed E-state index contributed by atoms with van der Waals surface area (Å²) in [7, 11) is 1.42. The molecular weight excluding hydrogens is 240 g/mol. The van der Waals surface area contributed by atoms with Gasteiger partial charge in [0.05, 0.1) is 7.11 Å². The number of methoxy groups -OCH3 is 1. The van der Waals surface area contributed by atoms with Gasteiger partial charge in [0.2, 0.25) is 0 Å². The Balaban J connectivity index is 2.65. The SMILES string of the molecule is COC(=O)NC1CC(CC(C)(C)C)CN(C(C)C)C1. The van der Waals surface area contributed by atoms with Crippen molar-refractivity contribution >= 4 is 6.09 Å². The van der Waals surface area contributed by atoms with Crippen LogP contribution in [0.25, 0.3) is 0 Å². The summed E-state index contributed by atoms with van der Waals surface area (Å²) in [6.07, 6.45) is 1.93. The molecule has 1 heterocycles. The standard InChI is InChI=1S/C15H30N2O2/c1-11(2)17-9-12(8-15(3,4)5)7-13(10-17)16-14(18)19-6/h11-13H,7-10H2,1-6H3,(H,16,18). The van der Waals surface area contributed by atoms with Crippen molar-refractivity contribution in [3.05, 3.63) is 0 Å². The molecule has 1 aliphatic rings. The first kappa shape index (κ1) is 16.3. The van der Waals surface area contributed by atoms with Crippen LogP contribution in [0.15, 0.2) is 0 Å². The van der Waals surface area contributed by atoms with E-state index >= 15 is 0 Å². The third-order valence-corrected chi connectivity index (χ3v) is 3.70. The molecule has 0 radical (unpaired) electrons. The molecule has 0 aliphatic carbocycles. The quantitative estimate of drug-likeness (QED) is 0.857. The van der Waals surface area contributed by atoms with Crippen molar-refractivity contribution < 1.29 is 9.53 Å². The lowest BCUT2D eigenvalue weighted by molar-refractivity contribution is 0.0860. The molecular formula is C15H30N2O2. The predicted molar refractivity (Wildman–Crippen MR) is 78.2 cm³/mol. The van der Waals surface area contributed by atoms with Crippen LogP contribution in [0.3, 0.4) is 0 Å². The minimum atomic E-state index is -0.315. The van der Waals surface area contributed by atoms with Gasteiger partial charge in [-0.25, -0.2) is 4.79 Å². The molecule has 0 bridgehead atoms. The molecule has 1 N–H and O–H groups in total. The lowest BCUT2D eigenvalue weighted by Gasteiger charge is -2.41. The van der Waals surface area contributed by atoms with Gasteiger partial charge in [0.1, 0.15) is 0 Å². The van der Waals surface area contributed by atoms with Crippen molar-refractivity contribution in [3.63, 3.8) is 0 Å². The Kier molecular flexibility index (Phi) is 5.65. The fourth-order valence-electron chi connectivity index (χ4n) is 3.01. The van der Waals surface area contributed by atoms with Crippen LogP contribution in [0.2, 0.25) is 0 Å². The first-order valence-corrected chi connectivity index (χ1v) is 7.30. The molecule has 2 unspecified atom stereocenters. The van der Waals surface area contributed by atoms with Gasteiger partial charge in [-0.3, -0.25) is 4.90 Å². The van der Waals surface area contributed by atoms with Gasteiger partial charge >= 0.3 is 6.09 Å². The van der Waals surface area contributed by atoms with Crippen LogP contribution in [-0.4, -0.2) is 43.3 Å². The van der Waals surface area contributed by atoms with Gasteiger partial charge in [0.15, 0.2) is 0 Å². The highest BCUT2D eigenvalue weighted by atomic mass is 16.5. The molecule has 0 saturated carbocycles. The average molecular weight is 270 g/mol. The van der Waals surface area contributed by atoms with E-state index in [9.17, 15) is 4.79 Å². The van der Waals surface area contributed by atoms with Crippen molar-refractivity contribution in [2.75, 3.05) is 20.2 Å².